The van der Waals surface area contributed by atoms with Crippen molar-refractivity contribution >= 4 is 23.4 Å². The van der Waals surface area contributed by atoms with Crippen LogP contribution in [-0.4, -0.2) is 76.8 Å². The van der Waals surface area contributed by atoms with Gasteiger partial charge in [0.05, 0.1) is 11.3 Å². The van der Waals surface area contributed by atoms with E-state index < -0.39 is 29.0 Å². The minimum Gasteiger partial charge on any atom is -0.380 e. The largest absolute Gasteiger partial charge is 0.423 e. The third kappa shape index (κ3) is 5.46. The highest BCUT2D eigenvalue weighted by Crippen LogP contribution is 2.37. The van der Waals surface area contributed by atoms with Crippen LogP contribution in [0, 0.1) is 0 Å². The first-order chi connectivity index (χ1) is 16.9. The Kier molecular flexibility index (Phi) is 6.95. The molecule has 4 heterocycles. The van der Waals surface area contributed by atoms with Crippen molar-refractivity contribution in [2.75, 3.05) is 60.9 Å². The standard InChI is InChI=1S/C20H22F6N8O2/c21-19(22,23)12-10-28-18(29-11-12)34-8-6-32(7-9-34)13(35)2-1-4-33-5-3-27-15-14(20(24,25)26)17(36)31-30-16(15)33/h10-11,27H,1-9H2,(H,31,36). The van der Waals surface area contributed by atoms with Gasteiger partial charge in [0.1, 0.15) is 5.56 Å². The third-order valence-electron chi connectivity index (χ3n) is 5.93. The summed E-state index contributed by atoms with van der Waals surface area (Å²) in [6.45, 7) is 2.15. The number of rotatable bonds is 5. The first kappa shape index (κ1) is 25.5. The SMILES string of the molecule is O=C(CCCN1CCNc2c1n[nH]c(=O)c2C(F)(F)F)N1CCN(c2ncc(C(F)(F)F)cn2)CC1. The quantitative estimate of drug-likeness (QED) is 0.576. The lowest BCUT2D eigenvalue weighted by atomic mass is 10.1. The highest BCUT2D eigenvalue weighted by atomic mass is 19.4. The molecule has 196 valence electrons. The molecule has 1 amide bonds. The van der Waals surface area contributed by atoms with E-state index in [1.54, 1.807) is 14.7 Å². The van der Waals surface area contributed by atoms with E-state index in [0.29, 0.717) is 39.1 Å². The second-order valence-corrected chi connectivity index (χ2v) is 8.28. The van der Waals surface area contributed by atoms with Gasteiger partial charge in [-0.05, 0) is 6.42 Å². The highest BCUT2D eigenvalue weighted by molar-refractivity contribution is 5.76. The fourth-order valence-corrected chi connectivity index (χ4v) is 4.11. The predicted octanol–water partition coefficient (Wildman–Crippen LogP) is 1.96. The maximum atomic E-state index is 13.3. The molecule has 2 aliphatic heterocycles. The molecule has 2 aromatic rings. The molecular formula is C20H22F6N8O2. The molecule has 2 aromatic heterocycles. The van der Waals surface area contributed by atoms with Crippen molar-refractivity contribution in [1.82, 2.24) is 25.1 Å². The van der Waals surface area contributed by atoms with Crippen LogP contribution in [0.1, 0.15) is 24.0 Å². The van der Waals surface area contributed by atoms with Gasteiger partial charge in [-0.2, -0.15) is 31.4 Å². The first-order valence-corrected chi connectivity index (χ1v) is 11.1. The lowest BCUT2D eigenvalue weighted by Gasteiger charge is -2.35. The van der Waals surface area contributed by atoms with Gasteiger partial charge in [0.2, 0.25) is 11.9 Å². The van der Waals surface area contributed by atoms with E-state index in [-0.39, 0.29) is 42.9 Å². The summed E-state index contributed by atoms with van der Waals surface area (Å²) in [6, 6.07) is 0. The second kappa shape index (κ2) is 9.81. The normalized spacial score (nSPS) is 16.6. The number of hydrogen-bond acceptors (Lipinski definition) is 8. The number of aromatic amines is 1. The molecule has 16 heteroatoms. The number of carbonyl (C=O) groups excluding carboxylic acids is 1. The molecule has 0 aromatic carbocycles. The van der Waals surface area contributed by atoms with Gasteiger partial charge >= 0.3 is 12.4 Å². The summed E-state index contributed by atoms with van der Waals surface area (Å²) in [5, 5.41) is 8.26. The van der Waals surface area contributed by atoms with E-state index in [1.165, 1.54) is 0 Å². The molecule has 10 nitrogen and oxygen atoms in total. The summed E-state index contributed by atoms with van der Waals surface area (Å²) in [7, 11) is 0. The molecule has 0 spiro atoms. The number of hydrogen-bond donors (Lipinski definition) is 2. The Balaban J connectivity index is 1.29. The zero-order chi connectivity index (χ0) is 26.1. The molecule has 36 heavy (non-hydrogen) atoms. The number of amides is 1. The average Bonchev–Trinajstić information content (AvgIpc) is 2.82. The number of aromatic nitrogens is 4. The highest BCUT2D eigenvalue weighted by Gasteiger charge is 2.40. The molecule has 2 aliphatic rings. The number of H-pyrrole nitrogens is 1. The number of alkyl halides is 6. The van der Waals surface area contributed by atoms with E-state index in [2.05, 4.69) is 20.4 Å². The van der Waals surface area contributed by atoms with Crippen molar-refractivity contribution in [3.8, 4) is 0 Å². The molecule has 4 rings (SSSR count). The maximum Gasteiger partial charge on any atom is 0.423 e. The van der Waals surface area contributed by atoms with Crippen molar-refractivity contribution in [3.05, 3.63) is 33.9 Å². The van der Waals surface area contributed by atoms with Crippen LogP contribution < -0.4 is 20.7 Å². The van der Waals surface area contributed by atoms with Gasteiger partial charge in [0.15, 0.2) is 5.82 Å². The van der Waals surface area contributed by atoms with Gasteiger partial charge in [0.25, 0.3) is 5.56 Å². The smallest absolute Gasteiger partial charge is 0.380 e. The van der Waals surface area contributed by atoms with Crippen LogP contribution in [-0.2, 0) is 17.1 Å². The summed E-state index contributed by atoms with van der Waals surface area (Å²) in [5.74, 6) is -0.0224. The summed E-state index contributed by atoms with van der Waals surface area (Å²) < 4.78 is 78.0. The number of anilines is 3. The fraction of sp³-hybridized carbons (Fsp3) is 0.550. The van der Waals surface area contributed by atoms with Crippen molar-refractivity contribution in [2.24, 2.45) is 0 Å². The Hall–Kier alpha value is -3.59. The zero-order valence-corrected chi connectivity index (χ0v) is 18.8. The molecule has 2 N–H and O–H groups in total. The maximum absolute atomic E-state index is 13.3. The van der Waals surface area contributed by atoms with E-state index in [1.807, 2.05) is 5.10 Å². The van der Waals surface area contributed by atoms with Crippen molar-refractivity contribution in [3.63, 3.8) is 0 Å². The molecule has 0 aliphatic carbocycles. The lowest BCUT2D eigenvalue weighted by molar-refractivity contribution is -0.139. The number of fused-ring (bicyclic) bond motifs is 1. The van der Waals surface area contributed by atoms with Crippen LogP contribution in [0.3, 0.4) is 0 Å². The number of nitrogens with one attached hydrogen (secondary N) is 2. The number of carbonyl (C=O) groups is 1. The lowest BCUT2D eigenvalue weighted by Crippen LogP contribution is -2.49. The van der Waals surface area contributed by atoms with Gasteiger partial charge < -0.3 is 20.0 Å². The monoisotopic (exact) mass is 520 g/mol. The predicted molar refractivity (Wildman–Crippen MR) is 116 cm³/mol. The van der Waals surface area contributed by atoms with Crippen LogP contribution in [0.15, 0.2) is 17.2 Å². The third-order valence-corrected chi connectivity index (χ3v) is 5.93. The van der Waals surface area contributed by atoms with Gasteiger partial charge in [-0.15, -0.1) is 0 Å². The van der Waals surface area contributed by atoms with Gasteiger partial charge in [-0.3, -0.25) is 9.59 Å². The number of halogens is 6. The molecule has 0 atom stereocenters. The van der Waals surface area contributed by atoms with Crippen LogP contribution in [0.4, 0.5) is 43.8 Å². The molecule has 1 fully saturated rings. The van der Waals surface area contributed by atoms with Crippen LogP contribution in [0.25, 0.3) is 0 Å². The Labute approximate surface area is 200 Å². The van der Waals surface area contributed by atoms with E-state index in [9.17, 15) is 35.9 Å². The summed E-state index contributed by atoms with van der Waals surface area (Å²) >= 11 is 0. The Morgan fingerprint density at radius 2 is 1.64 bits per heavy atom. The van der Waals surface area contributed by atoms with Gasteiger partial charge in [-0.1, -0.05) is 0 Å². The Morgan fingerprint density at radius 1 is 0.972 bits per heavy atom. The van der Waals surface area contributed by atoms with Crippen molar-refractivity contribution < 1.29 is 31.1 Å². The summed E-state index contributed by atoms with van der Waals surface area (Å²) in [6.07, 6.45) is -7.44. The zero-order valence-electron chi connectivity index (χ0n) is 18.8. The molecule has 0 radical (unpaired) electrons. The Bertz CT molecular complexity index is 1140. The van der Waals surface area contributed by atoms with Crippen LogP contribution in [0.2, 0.25) is 0 Å². The van der Waals surface area contributed by atoms with Gasteiger partial charge in [0, 0.05) is 64.6 Å². The summed E-state index contributed by atoms with van der Waals surface area (Å²) in [5.41, 5.74) is -3.97. The second-order valence-electron chi connectivity index (χ2n) is 8.28. The van der Waals surface area contributed by atoms with Crippen molar-refractivity contribution in [2.45, 2.75) is 25.2 Å². The molecule has 1 saturated heterocycles. The topological polar surface area (TPSA) is 110 Å². The molecule has 0 saturated carbocycles. The van der Waals surface area contributed by atoms with E-state index in [4.69, 9.17) is 0 Å². The molecule has 0 unspecified atom stereocenters. The van der Waals surface area contributed by atoms with E-state index >= 15 is 0 Å². The minimum absolute atomic E-state index is 0.0224. The average molecular weight is 520 g/mol. The van der Waals surface area contributed by atoms with Crippen LogP contribution in [0.5, 0.6) is 0 Å². The van der Waals surface area contributed by atoms with E-state index in [0.717, 1.165) is 12.4 Å². The number of nitrogens with zero attached hydrogens (tertiary/aromatic N) is 6. The van der Waals surface area contributed by atoms with Gasteiger partial charge in [-0.25, -0.2) is 15.1 Å². The fourth-order valence-electron chi connectivity index (χ4n) is 4.11. The Morgan fingerprint density at radius 3 is 2.25 bits per heavy atom. The van der Waals surface area contributed by atoms with Crippen LogP contribution >= 0.6 is 0 Å². The molecular weight excluding hydrogens is 498 g/mol. The minimum atomic E-state index is -4.85. The first-order valence-electron chi connectivity index (χ1n) is 11.1. The number of piperazine rings is 1. The van der Waals surface area contributed by atoms with Crippen molar-refractivity contribution in [1.29, 1.82) is 0 Å². The molecule has 0 bridgehead atoms. The summed E-state index contributed by atoms with van der Waals surface area (Å²) in [4.78, 5) is 36.7.